The van der Waals surface area contributed by atoms with E-state index in [2.05, 4.69) is 15.9 Å². The van der Waals surface area contributed by atoms with E-state index < -0.39 is 0 Å². The molecule has 0 radical (unpaired) electrons. The lowest BCUT2D eigenvalue weighted by Gasteiger charge is -2.10. The molecule has 0 aliphatic rings. The number of phenolic OH excluding ortho intramolecular Hbond substituents is 1. The van der Waals surface area contributed by atoms with Crippen molar-refractivity contribution in [3.8, 4) is 5.75 Å². The molecule has 0 amide bonds. The Morgan fingerprint density at radius 2 is 2.09 bits per heavy atom. The van der Waals surface area contributed by atoms with Gasteiger partial charge in [0, 0.05) is 5.39 Å². The SMILES string of the molecule is C[NH+](C)Cc1c(O)ccc2occ(C(=O)c3ccc(Br)s3)c12. The first-order valence-corrected chi connectivity index (χ1v) is 8.39. The number of furan rings is 1. The van der Waals surface area contributed by atoms with Gasteiger partial charge in [-0.25, -0.2) is 0 Å². The highest BCUT2D eigenvalue weighted by Crippen LogP contribution is 2.33. The molecule has 0 unspecified atom stereocenters. The van der Waals surface area contributed by atoms with Crippen LogP contribution in [0.2, 0.25) is 0 Å². The first-order valence-electron chi connectivity index (χ1n) is 6.78. The molecule has 3 rings (SSSR count). The fraction of sp³-hybridized carbons (Fsp3) is 0.188. The van der Waals surface area contributed by atoms with E-state index in [0.717, 1.165) is 14.2 Å². The van der Waals surface area contributed by atoms with E-state index in [0.29, 0.717) is 28.0 Å². The summed E-state index contributed by atoms with van der Waals surface area (Å²) >= 11 is 4.76. The minimum Gasteiger partial charge on any atom is -0.507 e. The monoisotopic (exact) mass is 380 g/mol. The van der Waals surface area contributed by atoms with Crippen LogP contribution >= 0.6 is 27.3 Å². The van der Waals surface area contributed by atoms with Crippen molar-refractivity contribution in [2.75, 3.05) is 14.1 Å². The van der Waals surface area contributed by atoms with Gasteiger partial charge in [0.05, 0.1) is 33.9 Å². The van der Waals surface area contributed by atoms with Crippen molar-refractivity contribution in [1.29, 1.82) is 0 Å². The van der Waals surface area contributed by atoms with E-state index in [4.69, 9.17) is 4.42 Å². The van der Waals surface area contributed by atoms with Crippen molar-refractivity contribution in [3.63, 3.8) is 0 Å². The second-order valence-electron chi connectivity index (χ2n) is 5.40. The van der Waals surface area contributed by atoms with Crippen molar-refractivity contribution in [2.24, 2.45) is 0 Å². The summed E-state index contributed by atoms with van der Waals surface area (Å²) in [6.07, 6.45) is 1.48. The molecule has 0 aliphatic heterocycles. The number of carbonyl (C=O) groups excluding carboxylic acids is 1. The zero-order valence-electron chi connectivity index (χ0n) is 12.1. The molecule has 3 aromatic rings. The molecule has 0 spiro atoms. The minimum atomic E-state index is -0.0879. The fourth-order valence-electron chi connectivity index (χ4n) is 2.46. The second kappa shape index (κ2) is 5.87. The summed E-state index contributed by atoms with van der Waals surface area (Å²) in [4.78, 5) is 14.5. The predicted molar refractivity (Wildman–Crippen MR) is 89.8 cm³/mol. The maximum absolute atomic E-state index is 12.7. The van der Waals surface area contributed by atoms with Crippen molar-refractivity contribution in [3.05, 3.63) is 50.3 Å². The zero-order chi connectivity index (χ0) is 15.9. The summed E-state index contributed by atoms with van der Waals surface area (Å²) in [7, 11) is 3.99. The summed E-state index contributed by atoms with van der Waals surface area (Å²) in [5.74, 6) is 0.103. The number of ketones is 1. The minimum absolute atomic E-state index is 0.0879. The molecule has 2 aromatic heterocycles. The van der Waals surface area contributed by atoms with E-state index in [1.54, 1.807) is 18.2 Å². The fourth-order valence-corrected chi connectivity index (χ4v) is 3.80. The molecular weight excluding hydrogens is 366 g/mol. The Kier molecular flexibility index (Phi) is 4.08. The highest BCUT2D eigenvalue weighted by Gasteiger charge is 2.22. The smallest absolute Gasteiger partial charge is 0.206 e. The molecule has 0 saturated heterocycles. The molecule has 4 nitrogen and oxygen atoms in total. The van der Waals surface area contributed by atoms with Crippen LogP contribution in [0.25, 0.3) is 11.0 Å². The first-order chi connectivity index (χ1) is 10.5. The number of quaternary nitrogens is 1. The van der Waals surface area contributed by atoms with Crippen LogP contribution < -0.4 is 4.90 Å². The van der Waals surface area contributed by atoms with Crippen LogP contribution in [0.1, 0.15) is 20.8 Å². The topological polar surface area (TPSA) is 54.9 Å². The van der Waals surface area contributed by atoms with Crippen LogP contribution in [-0.4, -0.2) is 25.0 Å². The number of rotatable bonds is 4. The molecule has 6 heteroatoms. The number of hydrogen-bond donors (Lipinski definition) is 2. The Morgan fingerprint density at radius 1 is 1.32 bits per heavy atom. The van der Waals surface area contributed by atoms with Crippen LogP contribution in [0.5, 0.6) is 5.75 Å². The van der Waals surface area contributed by atoms with Crippen LogP contribution in [-0.2, 0) is 6.54 Å². The normalized spacial score (nSPS) is 11.5. The Morgan fingerprint density at radius 3 is 2.73 bits per heavy atom. The lowest BCUT2D eigenvalue weighted by molar-refractivity contribution is -0.872. The number of thiophene rings is 1. The molecule has 114 valence electrons. The lowest BCUT2D eigenvalue weighted by atomic mass is 10.0. The van der Waals surface area contributed by atoms with Crippen molar-refractivity contribution in [2.45, 2.75) is 6.54 Å². The molecule has 0 fully saturated rings. The van der Waals surface area contributed by atoms with Gasteiger partial charge in [0.15, 0.2) is 0 Å². The lowest BCUT2D eigenvalue weighted by Crippen LogP contribution is -3.04. The van der Waals surface area contributed by atoms with E-state index in [-0.39, 0.29) is 11.5 Å². The van der Waals surface area contributed by atoms with Crippen LogP contribution in [0.3, 0.4) is 0 Å². The number of nitrogens with one attached hydrogen (secondary N) is 1. The van der Waals surface area contributed by atoms with Crippen LogP contribution in [0, 0.1) is 0 Å². The van der Waals surface area contributed by atoms with E-state index in [1.807, 2.05) is 20.2 Å². The Balaban J connectivity index is 2.18. The number of hydrogen-bond acceptors (Lipinski definition) is 4. The molecular formula is C16H15BrNO3S+. The van der Waals surface area contributed by atoms with E-state index in [9.17, 15) is 9.90 Å². The number of aromatic hydroxyl groups is 1. The number of benzene rings is 1. The maximum Gasteiger partial charge on any atom is 0.206 e. The van der Waals surface area contributed by atoms with Crippen molar-refractivity contribution >= 4 is 44.0 Å². The number of halogens is 1. The third-order valence-electron chi connectivity index (χ3n) is 3.39. The third kappa shape index (κ3) is 2.69. The zero-order valence-corrected chi connectivity index (χ0v) is 14.5. The van der Waals surface area contributed by atoms with Crippen LogP contribution in [0.4, 0.5) is 0 Å². The van der Waals surface area contributed by atoms with Gasteiger partial charge in [0.1, 0.15) is 24.1 Å². The average molecular weight is 381 g/mol. The van der Waals surface area contributed by atoms with Gasteiger partial charge in [0.2, 0.25) is 5.78 Å². The molecule has 2 N–H and O–H groups in total. The largest absolute Gasteiger partial charge is 0.507 e. The summed E-state index contributed by atoms with van der Waals surface area (Å²) in [6, 6.07) is 6.94. The summed E-state index contributed by atoms with van der Waals surface area (Å²) in [6.45, 7) is 0.608. The second-order valence-corrected chi connectivity index (χ2v) is 7.87. The molecule has 0 aliphatic carbocycles. The van der Waals surface area contributed by atoms with Gasteiger partial charge in [-0.2, -0.15) is 0 Å². The Bertz CT molecular complexity index is 850. The molecule has 1 aromatic carbocycles. The predicted octanol–water partition coefficient (Wildman–Crippen LogP) is 2.84. The third-order valence-corrected chi connectivity index (χ3v) is 5.02. The highest BCUT2D eigenvalue weighted by molar-refractivity contribution is 9.11. The van der Waals surface area contributed by atoms with Gasteiger partial charge in [-0.15, -0.1) is 11.3 Å². The Labute approximate surface area is 140 Å². The van der Waals surface area contributed by atoms with Gasteiger partial charge < -0.3 is 14.4 Å². The number of fused-ring (bicyclic) bond motifs is 1. The van der Waals surface area contributed by atoms with Gasteiger partial charge in [-0.3, -0.25) is 4.79 Å². The van der Waals surface area contributed by atoms with E-state index in [1.165, 1.54) is 17.6 Å². The van der Waals surface area contributed by atoms with Gasteiger partial charge in [0.25, 0.3) is 0 Å². The summed E-state index contributed by atoms with van der Waals surface area (Å²) in [5.41, 5.74) is 1.86. The van der Waals surface area contributed by atoms with E-state index >= 15 is 0 Å². The van der Waals surface area contributed by atoms with Crippen molar-refractivity contribution < 1.29 is 19.2 Å². The molecule has 0 saturated carbocycles. The van der Waals surface area contributed by atoms with Gasteiger partial charge >= 0.3 is 0 Å². The average Bonchev–Trinajstić information content (AvgIpc) is 3.07. The number of carbonyl (C=O) groups is 1. The van der Waals surface area contributed by atoms with Crippen molar-refractivity contribution in [1.82, 2.24) is 0 Å². The molecule has 2 heterocycles. The highest BCUT2D eigenvalue weighted by atomic mass is 79.9. The van der Waals surface area contributed by atoms with Gasteiger partial charge in [-0.1, -0.05) is 0 Å². The first kappa shape index (κ1) is 15.3. The molecule has 22 heavy (non-hydrogen) atoms. The Hall–Kier alpha value is -1.63. The molecule has 0 atom stereocenters. The van der Waals surface area contributed by atoms with Gasteiger partial charge in [-0.05, 0) is 40.2 Å². The molecule has 0 bridgehead atoms. The maximum atomic E-state index is 12.7. The standard InChI is InChI=1S/C16H14BrNO3S/c1-18(2)7-9-11(19)3-4-12-15(9)10(8-21-12)16(20)13-5-6-14(17)22-13/h3-6,8,19H,7H2,1-2H3/p+1. The summed E-state index contributed by atoms with van der Waals surface area (Å²) in [5, 5.41) is 10.9. The number of phenols is 1. The van der Waals surface area contributed by atoms with Crippen LogP contribution in [0.15, 0.2) is 38.7 Å². The summed E-state index contributed by atoms with van der Waals surface area (Å²) < 4.78 is 6.43. The quantitative estimate of drug-likeness (QED) is 0.684.